The van der Waals surface area contributed by atoms with Crippen LogP contribution < -0.4 is 0 Å². The van der Waals surface area contributed by atoms with E-state index in [0.29, 0.717) is 11.8 Å². The molecule has 0 heterocycles. The quantitative estimate of drug-likeness (QED) is 0.690. The van der Waals surface area contributed by atoms with Gasteiger partial charge in [0.25, 0.3) is 0 Å². The summed E-state index contributed by atoms with van der Waals surface area (Å²) in [5.41, 5.74) is 0. The highest BCUT2D eigenvalue weighted by molar-refractivity contribution is 5.79. The van der Waals surface area contributed by atoms with Gasteiger partial charge in [-0.15, -0.1) is 0 Å². The Balaban J connectivity index is 2.47. The lowest BCUT2D eigenvalue weighted by atomic mass is 9.81. The summed E-state index contributed by atoms with van der Waals surface area (Å²) in [6, 6.07) is 0.688. The Labute approximate surface area is 87.7 Å². The molecule has 1 atom stereocenters. The highest BCUT2D eigenvalue weighted by Crippen LogP contribution is 2.28. The van der Waals surface area contributed by atoms with Gasteiger partial charge >= 0.3 is 0 Å². The molecule has 0 bridgehead atoms. The Bertz CT molecular complexity index is 179. The Morgan fingerprint density at radius 1 is 1.36 bits per heavy atom. The second-order valence-corrected chi connectivity index (χ2v) is 4.70. The molecule has 0 aromatic heterocycles. The number of hydrogen-bond donors (Lipinski definition) is 0. The second kappa shape index (κ2) is 5.50. The molecule has 1 rings (SSSR count). The Morgan fingerprint density at radius 3 is 2.36 bits per heavy atom. The van der Waals surface area contributed by atoms with Crippen molar-refractivity contribution in [3.8, 4) is 0 Å². The van der Waals surface area contributed by atoms with E-state index in [0.717, 1.165) is 31.6 Å². The van der Waals surface area contributed by atoms with Crippen LogP contribution in [-0.2, 0) is 4.79 Å². The molecular formula is C12H23NO. The lowest BCUT2D eigenvalue weighted by Gasteiger charge is -2.34. The summed E-state index contributed by atoms with van der Waals surface area (Å²) >= 11 is 0. The van der Waals surface area contributed by atoms with Gasteiger partial charge in [0.1, 0.15) is 5.78 Å². The average molecular weight is 197 g/mol. The van der Waals surface area contributed by atoms with E-state index in [2.05, 4.69) is 25.9 Å². The molecule has 1 fully saturated rings. The van der Waals surface area contributed by atoms with Crippen molar-refractivity contribution in [2.75, 3.05) is 14.1 Å². The van der Waals surface area contributed by atoms with E-state index in [9.17, 15) is 4.79 Å². The van der Waals surface area contributed by atoms with Gasteiger partial charge in [0.2, 0.25) is 0 Å². The van der Waals surface area contributed by atoms with Gasteiger partial charge in [0, 0.05) is 18.9 Å². The van der Waals surface area contributed by atoms with Crippen LogP contribution in [-0.4, -0.2) is 30.8 Å². The van der Waals surface area contributed by atoms with E-state index in [1.165, 1.54) is 12.8 Å². The molecule has 1 aliphatic carbocycles. The molecule has 0 aromatic rings. The van der Waals surface area contributed by atoms with E-state index >= 15 is 0 Å². The third-order valence-electron chi connectivity index (χ3n) is 3.38. The number of hydrogen-bond acceptors (Lipinski definition) is 2. The minimum absolute atomic E-state index is 0.468. The highest BCUT2D eigenvalue weighted by atomic mass is 16.1. The number of Topliss-reactive ketones (excluding diaryl/α,β-unsaturated/α-hetero) is 1. The van der Waals surface area contributed by atoms with E-state index < -0.39 is 0 Å². The molecule has 0 aliphatic heterocycles. The van der Waals surface area contributed by atoms with Crippen LogP contribution in [0.2, 0.25) is 0 Å². The molecule has 2 nitrogen and oxygen atoms in total. The van der Waals surface area contributed by atoms with Gasteiger partial charge in [-0.25, -0.2) is 0 Å². The van der Waals surface area contributed by atoms with Crippen molar-refractivity contribution in [2.24, 2.45) is 5.92 Å². The van der Waals surface area contributed by atoms with E-state index in [4.69, 9.17) is 0 Å². The van der Waals surface area contributed by atoms with E-state index in [1.807, 2.05) is 0 Å². The monoisotopic (exact) mass is 197 g/mol. The first-order valence-corrected chi connectivity index (χ1v) is 5.83. The van der Waals surface area contributed by atoms with Crippen molar-refractivity contribution in [2.45, 2.75) is 51.5 Å². The van der Waals surface area contributed by atoms with E-state index in [1.54, 1.807) is 0 Å². The number of ketones is 1. The van der Waals surface area contributed by atoms with Crippen LogP contribution in [0.1, 0.15) is 45.4 Å². The third kappa shape index (κ3) is 3.09. The summed E-state index contributed by atoms with van der Waals surface area (Å²) in [6.07, 6.45) is 6.37. The van der Waals surface area contributed by atoms with Gasteiger partial charge in [-0.2, -0.15) is 0 Å². The molecule has 1 aliphatic rings. The van der Waals surface area contributed by atoms with Crippen LogP contribution in [0, 0.1) is 5.92 Å². The standard InChI is InChI=1S/C12H23NO/c1-4-5-12(13(2)3)10-6-8-11(14)9-7-10/h10,12H,4-9H2,1-3H3. The molecule has 82 valence electrons. The molecule has 0 N–H and O–H groups in total. The zero-order chi connectivity index (χ0) is 10.6. The number of rotatable bonds is 4. The summed E-state index contributed by atoms with van der Waals surface area (Å²) in [6.45, 7) is 2.24. The predicted octanol–water partition coefficient (Wildman–Crippen LogP) is 2.48. The third-order valence-corrected chi connectivity index (χ3v) is 3.38. The topological polar surface area (TPSA) is 20.3 Å². The lowest BCUT2D eigenvalue weighted by molar-refractivity contribution is -0.121. The minimum atomic E-state index is 0.468. The molecule has 14 heavy (non-hydrogen) atoms. The summed E-state index contributed by atoms with van der Waals surface area (Å²) < 4.78 is 0. The zero-order valence-corrected chi connectivity index (χ0v) is 9.75. The van der Waals surface area contributed by atoms with Crippen LogP contribution in [0.5, 0.6) is 0 Å². The fourth-order valence-electron chi connectivity index (χ4n) is 2.56. The van der Waals surface area contributed by atoms with Crippen molar-refractivity contribution in [3.05, 3.63) is 0 Å². The predicted molar refractivity (Wildman–Crippen MR) is 59.3 cm³/mol. The first kappa shape index (κ1) is 11.7. The molecule has 2 heteroatoms. The SMILES string of the molecule is CCCC(C1CCC(=O)CC1)N(C)C. The van der Waals surface area contributed by atoms with Gasteiger partial charge in [0.05, 0.1) is 0 Å². The Kier molecular flexibility index (Phi) is 4.59. The van der Waals surface area contributed by atoms with Crippen molar-refractivity contribution >= 4 is 5.78 Å². The molecule has 0 saturated heterocycles. The second-order valence-electron chi connectivity index (χ2n) is 4.70. The molecular weight excluding hydrogens is 174 g/mol. The zero-order valence-electron chi connectivity index (χ0n) is 9.75. The smallest absolute Gasteiger partial charge is 0.132 e. The molecule has 0 aromatic carbocycles. The molecule has 0 amide bonds. The van der Waals surface area contributed by atoms with Gasteiger partial charge in [-0.05, 0) is 39.3 Å². The fraction of sp³-hybridized carbons (Fsp3) is 0.917. The number of carbonyl (C=O) groups is 1. The van der Waals surface area contributed by atoms with Crippen LogP contribution in [0.4, 0.5) is 0 Å². The minimum Gasteiger partial charge on any atom is -0.306 e. The van der Waals surface area contributed by atoms with Crippen molar-refractivity contribution in [1.29, 1.82) is 0 Å². The van der Waals surface area contributed by atoms with Crippen molar-refractivity contribution in [3.63, 3.8) is 0 Å². The van der Waals surface area contributed by atoms with Gasteiger partial charge < -0.3 is 4.90 Å². The molecule has 0 radical (unpaired) electrons. The van der Waals surface area contributed by atoms with Crippen molar-refractivity contribution in [1.82, 2.24) is 4.90 Å². The average Bonchev–Trinajstić information content (AvgIpc) is 2.15. The first-order valence-electron chi connectivity index (χ1n) is 5.83. The lowest BCUT2D eigenvalue weighted by Crippen LogP contribution is -2.37. The summed E-state index contributed by atoms with van der Waals surface area (Å²) in [5, 5.41) is 0. The fourth-order valence-corrected chi connectivity index (χ4v) is 2.56. The number of carbonyl (C=O) groups excluding carboxylic acids is 1. The Morgan fingerprint density at radius 2 is 1.93 bits per heavy atom. The van der Waals surface area contributed by atoms with E-state index in [-0.39, 0.29) is 0 Å². The van der Waals surface area contributed by atoms with Gasteiger partial charge in [-0.1, -0.05) is 13.3 Å². The maximum Gasteiger partial charge on any atom is 0.132 e. The first-order chi connectivity index (χ1) is 6.65. The molecule has 0 spiro atoms. The highest BCUT2D eigenvalue weighted by Gasteiger charge is 2.26. The maximum absolute atomic E-state index is 11.1. The maximum atomic E-state index is 11.1. The van der Waals surface area contributed by atoms with Crippen LogP contribution in [0.25, 0.3) is 0 Å². The number of nitrogens with zero attached hydrogens (tertiary/aromatic N) is 1. The van der Waals surface area contributed by atoms with Crippen LogP contribution in [0.15, 0.2) is 0 Å². The largest absolute Gasteiger partial charge is 0.306 e. The Hall–Kier alpha value is -0.370. The molecule has 1 saturated carbocycles. The summed E-state index contributed by atoms with van der Waals surface area (Å²) in [7, 11) is 4.33. The normalized spacial score (nSPS) is 21.6. The van der Waals surface area contributed by atoms with Gasteiger partial charge in [-0.3, -0.25) is 4.79 Å². The van der Waals surface area contributed by atoms with Gasteiger partial charge in [0.15, 0.2) is 0 Å². The van der Waals surface area contributed by atoms with Crippen molar-refractivity contribution < 1.29 is 4.79 Å². The molecule has 1 unspecified atom stereocenters. The summed E-state index contributed by atoms with van der Waals surface area (Å²) in [4.78, 5) is 13.5. The van der Waals surface area contributed by atoms with Crippen LogP contribution >= 0.6 is 0 Å². The van der Waals surface area contributed by atoms with Crippen LogP contribution in [0.3, 0.4) is 0 Å². The summed E-state index contributed by atoms with van der Waals surface area (Å²) in [5.74, 6) is 1.22.